The maximum absolute atomic E-state index is 12.7. The highest BCUT2D eigenvalue weighted by molar-refractivity contribution is 7.48. The Hall–Kier alpha value is -1.52. The van der Waals surface area contributed by atoms with Gasteiger partial charge in [-0.3, -0.25) is 23.4 Å². The molecule has 166 valence electrons. The van der Waals surface area contributed by atoms with Crippen LogP contribution in [0.5, 0.6) is 0 Å². The summed E-state index contributed by atoms with van der Waals surface area (Å²) in [6.45, 7) is 4.40. The van der Waals surface area contributed by atoms with Crippen molar-refractivity contribution in [2.75, 3.05) is 27.1 Å². The zero-order valence-electron chi connectivity index (χ0n) is 17.1. The molecule has 0 aromatic heterocycles. The van der Waals surface area contributed by atoms with E-state index >= 15 is 0 Å². The molecule has 2 aliphatic rings. The summed E-state index contributed by atoms with van der Waals surface area (Å²) in [5, 5.41) is 2.53. The molecule has 1 amide bonds. The second-order valence-electron chi connectivity index (χ2n) is 7.94. The number of esters is 2. The van der Waals surface area contributed by atoms with Crippen molar-refractivity contribution in [1.82, 2.24) is 5.32 Å². The molecule has 0 aromatic rings. The lowest BCUT2D eigenvalue weighted by atomic mass is 9.87. The molecule has 1 heterocycles. The summed E-state index contributed by atoms with van der Waals surface area (Å²) in [4.78, 5) is 35.7. The van der Waals surface area contributed by atoms with Crippen LogP contribution in [-0.4, -0.2) is 57.0 Å². The molecular formula is C17H29N2O9P. The molecule has 1 saturated heterocycles. The number of ether oxygens (including phenoxy) is 2. The van der Waals surface area contributed by atoms with Crippen LogP contribution in [0.2, 0.25) is 0 Å². The van der Waals surface area contributed by atoms with Crippen LogP contribution < -0.4 is 11.1 Å². The summed E-state index contributed by atoms with van der Waals surface area (Å²) in [5.41, 5.74) is 4.27. The molecule has 1 aliphatic carbocycles. The van der Waals surface area contributed by atoms with E-state index in [9.17, 15) is 18.9 Å². The Morgan fingerprint density at radius 1 is 1.31 bits per heavy atom. The van der Waals surface area contributed by atoms with E-state index in [1.807, 2.05) is 0 Å². The number of hydrogen-bond donors (Lipinski definition) is 2. The van der Waals surface area contributed by atoms with Crippen LogP contribution in [0.15, 0.2) is 0 Å². The second-order valence-corrected chi connectivity index (χ2v) is 9.56. The third-order valence-electron chi connectivity index (χ3n) is 5.10. The first-order valence-corrected chi connectivity index (χ1v) is 10.8. The third-order valence-corrected chi connectivity index (χ3v) is 6.44. The number of carbonyl (C=O) groups excluding carboxylic acids is 3. The minimum atomic E-state index is -4.13. The average Bonchev–Trinajstić information content (AvgIpc) is 3.46. The molecule has 0 spiro atoms. The van der Waals surface area contributed by atoms with Crippen molar-refractivity contribution in [1.29, 1.82) is 0 Å². The number of nitrogens with two attached hydrogens (primary N) is 1. The Morgan fingerprint density at radius 3 is 2.52 bits per heavy atom. The van der Waals surface area contributed by atoms with E-state index in [4.69, 9.17) is 24.0 Å². The molecule has 11 nitrogen and oxygen atoms in total. The first kappa shape index (κ1) is 23.8. The summed E-state index contributed by atoms with van der Waals surface area (Å²) in [6.07, 6.45) is 0.0678. The lowest BCUT2D eigenvalue weighted by Crippen LogP contribution is -2.50. The number of rotatable bonds is 9. The molecule has 29 heavy (non-hydrogen) atoms. The van der Waals surface area contributed by atoms with Crippen LogP contribution in [0.25, 0.3) is 0 Å². The minimum absolute atomic E-state index is 0.0166. The highest BCUT2D eigenvalue weighted by atomic mass is 31.2. The van der Waals surface area contributed by atoms with E-state index in [0.29, 0.717) is 12.8 Å². The number of nitrogens with one attached hydrogen (secondary N) is 1. The van der Waals surface area contributed by atoms with Gasteiger partial charge in [0, 0.05) is 18.0 Å². The van der Waals surface area contributed by atoms with Crippen LogP contribution in [0.4, 0.5) is 0 Å². The fraction of sp³-hybridized carbons (Fsp3) is 0.824. The fourth-order valence-corrected chi connectivity index (χ4v) is 4.35. The van der Waals surface area contributed by atoms with Gasteiger partial charge >= 0.3 is 19.8 Å². The summed E-state index contributed by atoms with van der Waals surface area (Å²) in [6, 6.07) is -0.368. The van der Waals surface area contributed by atoms with Crippen LogP contribution in [0.3, 0.4) is 0 Å². The van der Waals surface area contributed by atoms with E-state index in [1.54, 1.807) is 20.8 Å². The van der Waals surface area contributed by atoms with Crippen LogP contribution in [0, 0.1) is 10.8 Å². The molecule has 0 aromatic carbocycles. The zero-order chi connectivity index (χ0) is 21.9. The molecular weight excluding hydrogens is 407 g/mol. The van der Waals surface area contributed by atoms with Gasteiger partial charge in [0.1, 0.15) is 0 Å². The van der Waals surface area contributed by atoms with Crippen molar-refractivity contribution in [2.24, 2.45) is 16.6 Å². The zero-order valence-corrected chi connectivity index (χ0v) is 18.0. The van der Waals surface area contributed by atoms with Gasteiger partial charge in [0.05, 0.1) is 25.6 Å². The van der Waals surface area contributed by atoms with Gasteiger partial charge in [-0.25, -0.2) is 9.09 Å². The number of amides is 1. The second kappa shape index (κ2) is 9.09. The first-order chi connectivity index (χ1) is 13.5. The van der Waals surface area contributed by atoms with Crippen molar-refractivity contribution in [3.05, 3.63) is 0 Å². The summed E-state index contributed by atoms with van der Waals surface area (Å²) in [5.74, 6) is -1.58. The van der Waals surface area contributed by atoms with Crippen LogP contribution in [0.1, 0.15) is 40.0 Å². The predicted octanol–water partition coefficient (Wildman–Crippen LogP) is 0.860. The highest BCUT2D eigenvalue weighted by Gasteiger charge is 2.54. The molecule has 2 rings (SSSR count). The predicted molar refractivity (Wildman–Crippen MR) is 99.2 cm³/mol. The van der Waals surface area contributed by atoms with E-state index < -0.39 is 49.4 Å². The Kier molecular flexibility index (Phi) is 7.45. The summed E-state index contributed by atoms with van der Waals surface area (Å²) < 4.78 is 37.8. The van der Waals surface area contributed by atoms with E-state index in [0.717, 1.165) is 0 Å². The SMILES string of the molecule is COC(=O)CCNC(=O)[C@@H]1O[P@@](=O)(OCOC(=O)C2(C(C)N)CC2)OCC1(C)C. The van der Waals surface area contributed by atoms with Crippen molar-refractivity contribution in [3.63, 3.8) is 0 Å². The van der Waals surface area contributed by atoms with Gasteiger partial charge < -0.3 is 20.5 Å². The highest BCUT2D eigenvalue weighted by Crippen LogP contribution is 2.57. The Morgan fingerprint density at radius 2 is 1.97 bits per heavy atom. The lowest BCUT2D eigenvalue weighted by molar-refractivity contribution is -0.162. The van der Waals surface area contributed by atoms with Crippen molar-refractivity contribution in [3.8, 4) is 0 Å². The van der Waals surface area contributed by atoms with E-state index in [2.05, 4.69) is 10.1 Å². The van der Waals surface area contributed by atoms with E-state index in [1.165, 1.54) is 7.11 Å². The van der Waals surface area contributed by atoms with Crippen molar-refractivity contribution < 1.29 is 42.0 Å². The third kappa shape index (κ3) is 5.76. The Labute approximate surface area is 169 Å². The number of phosphoric ester groups is 1. The van der Waals surface area contributed by atoms with Gasteiger partial charge in [-0.2, -0.15) is 0 Å². The number of carbonyl (C=O) groups is 3. The maximum atomic E-state index is 12.7. The Bertz CT molecular complexity index is 690. The van der Waals surface area contributed by atoms with Gasteiger partial charge in [0.15, 0.2) is 6.10 Å². The summed E-state index contributed by atoms with van der Waals surface area (Å²) >= 11 is 0. The minimum Gasteiger partial charge on any atom is -0.469 e. The number of hydrogen-bond acceptors (Lipinski definition) is 10. The number of phosphoric acid groups is 1. The summed E-state index contributed by atoms with van der Waals surface area (Å²) in [7, 11) is -2.89. The fourth-order valence-electron chi connectivity index (χ4n) is 2.84. The van der Waals surface area contributed by atoms with Gasteiger partial charge in [-0.05, 0) is 19.8 Å². The van der Waals surface area contributed by atoms with Crippen LogP contribution in [-0.2, 0) is 42.0 Å². The van der Waals surface area contributed by atoms with Crippen molar-refractivity contribution >= 4 is 25.7 Å². The average molecular weight is 436 g/mol. The Balaban J connectivity index is 1.89. The monoisotopic (exact) mass is 436 g/mol. The molecule has 1 unspecified atom stereocenters. The molecule has 3 N–H and O–H groups in total. The molecule has 1 saturated carbocycles. The van der Waals surface area contributed by atoms with Gasteiger partial charge in [0.25, 0.3) is 0 Å². The topological polar surface area (TPSA) is 152 Å². The van der Waals surface area contributed by atoms with E-state index in [-0.39, 0.29) is 25.6 Å². The largest absolute Gasteiger partial charge is 0.478 e. The standard InChI is InChI=1S/C17H29N2O9P/c1-11(18)17(6-7-17)15(22)25-10-27-29(23)26-9-16(2,3)13(28-29)14(21)19-8-5-12(20)24-4/h11,13H,5-10,18H2,1-4H3,(H,19,21)/t11?,13-,29+/m0/s1. The van der Waals surface area contributed by atoms with Gasteiger partial charge in [-0.15, -0.1) is 0 Å². The quantitative estimate of drug-likeness (QED) is 0.302. The maximum Gasteiger partial charge on any atom is 0.478 e. The smallest absolute Gasteiger partial charge is 0.469 e. The molecule has 0 radical (unpaired) electrons. The van der Waals surface area contributed by atoms with Gasteiger partial charge in [0.2, 0.25) is 12.7 Å². The molecule has 1 aliphatic heterocycles. The normalized spacial score (nSPS) is 28.1. The lowest BCUT2D eigenvalue weighted by Gasteiger charge is -2.39. The molecule has 3 atom stereocenters. The van der Waals surface area contributed by atoms with Gasteiger partial charge in [-0.1, -0.05) is 13.8 Å². The molecule has 12 heteroatoms. The molecule has 0 bridgehead atoms. The first-order valence-electron chi connectivity index (χ1n) is 9.31. The van der Waals surface area contributed by atoms with Crippen molar-refractivity contribution in [2.45, 2.75) is 52.2 Å². The van der Waals surface area contributed by atoms with Crippen LogP contribution >= 0.6 is 7.82 Å². The number of methoxy groups -OCH3 is 1. The molecule has 2 fully saturated rings.